The molecule has 4 aliphatic carbocycles. The molecule has 0 spiro atoms. The van der Waals surface area contributed by atoms with Crippen molar-refractivity contribution in [2.24, 2.45) is 34.5 Å². The van der Waals surface area contributed by atoms with Gasteiger partial charge in [-0.25, -0.2) is 4.18 Å². The molecule has 0 heterocycles. The number of aliphatic hydroxyl groups excluding tert-OH is 1. The summed E-state index contributed by atoms with van der Waals surface area (Å²) >= 11 is 0. The van der Waals surface area contributed by atoms with E-state index in [0.717, 1.165) is 31.6 Å². The quantitative estimate of drug-likeness (QED) is 0.449. The smallest absolute Gasteiger partial charge is 0.366 e. The molecule has 5 nitrogen and oxygen atoms in total. The first-order chi connectivity index (χ1) is 11.8. The summed E-state index contributed by atoms with van der Waals surface area (Å²) in [5.74, 6) is 2.19. The van der Waals surface area contributed by atoms with Crippen LogP contribution in [0.25, 0.3) is 0 Å². The molecule has 0 aliphatic heterocycles. The fourth-order valence-corrected chi connectivity index (χ4v) is 7.53. The van der Waals surface area contributed by atoms with E-state index in [4.69, 9.17) is 4.55 Å². The van der Waals surface area contributed by atoms with Crippen molar-refractivity contribution in [1.82, 2.24) is 0 Å². The first-order valence-electron chi connectivity index (χ1n) is 9.78. The summed E-state index contributed by atoms with van der Waals surface area (Å²) in [6, 6.07) is 0. The average molecular weight is 371 g/mol. The molecule has 2 N–H and O–H groups in total. The van der Waals surface area contributed by atoms with E-state index < -0.39 is 22.1 Å². The number of fused-ring (bicyclic) bond motifs is 5. The SMILES string of the molecule is C[C@]12CCCCC1CC[C@@H]1[C@@H]2CC[C@]2(C(O)OS(=O)(=O)O)C=CC[C@@H]12. The van der Waals surface area contributed by atoms with Crippen LogP contribution in [0, 0.1) is 34.5 Å². The van der Waals surface area contributed by atoms with Gasteiger partial charge in [0, 0.05) is 5.41 Å². The van der Waals surface area contributed by atoms with Crippen molar-refractivity contribution in [3.63, 3.8) is 0 Å². The van der Waals surface area contributed by atoms with Gasteiger partial charge in [0.15, 0.2) is 6.29 Å². The summed E-state index contributed by atoms with van der Waals surface area (Å²) in [7, 11) is -4.66. The van der Waals surface area contributed by atoms with Gasteiger partial charge in [-0.05, 0) is 74.0 Å². The van der Waals surface area contributed by atoms with E-state index in [-0.39, 0.29) is 5.92 Å². The molecule has 0 aromatic carbocycles. The highest BCUT2D eigenvalue weighted by Gasteiger charge is 2.60. The lowest BCUT2D eigenvalue weighted by Gasteiger charge is -2.60. The maximum atomic E-state index is 11.1. The highest BCUT2D eigenvalue weighted by molar-refractivity contribution is 7.80. The normalized spacial score (nSPS) is 47.6. The number of hydrogen-bond acceptors (Lipinski definition) is 4. The molecule has 2 unspecified atom stereocenters. The van der Waals surface area contributed by atoms with Crippen molar-refractivity contribution in [3.8, 4) is 0 Å². The van der Waals surface area contributed by atoms with E-state index in [1.165, 1.54) is 32.1 Å². The van der Waals surface area contributed by atoms with Crippen LogP contribution >= 0.6 is 0 Å². The van der Waals surface area contributed by atoms with Crippen molar-refractivity contribution in [1.29, 1.82) is 0 Å². The van der Waals surface area contributed by atoms with Crippen LogP contribution in [0.2, 0.25) is 0 Å². The van der Waals surface area contributed by atoms with Gasteiger partial charge in [0.05, 0.1) is 0 Å². The third kappa shape index (κ3) is 2.80. The second-order valence-corrected chi connectivity index (χ2v) is 10.1. The van der Waals surface area contributed by atoms with Crippen LogP contribution in [0.4, 0.5) is 0 Å². The molecule has 3 fully saturated rings. The Morgan fingerprint density at radius 3 is 2.68 bits per heavy atom. The Kier molecular flexibility index (Phi) is 4.34. The first kappa shape index (κ1) is 18.0. The Bertz CT molecular complexity index is 659. The molecule has 4 rings (SSSR count). The maximum Gasteiger partial charge on any atom is 0.399 e. The van der Waals surface area contributed by atoms with Crippen molar-refractivity contribution in [2.75, 3.05) is 0 Å². The lowest BCUT2D eigenvalue weighted by atomic mass is 9.45. The Hall–Kier alpha value is -0.430. The van der Waals surface area contributed by atoms with Crippen LogP contribution < -0.4 is 0 Å². The molecule has 0 radical (unpaired) electrons. The zero-order chi connectivity index (χ0) is 17.9. The molecular formula is C19H30O5S. The van der Waals surface area contributed by atoms with E-state index in [0.29, 0.717) is 17.3 Å². The lowest BCUT2D eigenvalue weighted by Crippen LogP contribution is -2.55. The Balaban J connectivity index is 1.62. The Morgan fingerprint density at radius 1 is 1.12 bits per heavy atom. The van der Waals surface area contributed by atoms with Crippen LogP contribution in [0.15, 0.2) is 12.2 Å². The second-order valence-electron chi connectivity index (χ2n) is 9.07. The molecule has 25 heavy (non-hydrogen) atoms. The van der Waals surface area contributed by atoms with E-state index in [9.17, 15) is 13.5 Å². The standard InChI is InChI=1S/C19H30O5S/c1-18-10-3-2-5-13(18)7-8-14-15(18)9-12-19(11-4-6-16(14)19)17(20)24-25(21,22)23/h4,11,13-17,20H,2-3,5-10,12H2,1H3,(H,21,22,23)/t13?,14-,15+,16+,17?,18+,19-/m1/s1. The van der Waals surface area contributed by atoms with Gasteiger partial charge in [-0.1, -0.05) is 31.9 Å². The highest BCUT2D eigenvalue weighted by Crippen LogP contribution is 2.65. The van der Waals surface area contributed by atoms with Crippen LogP contribution in [-0.4, -0.2) is 24.4 Å². The van der Waals surface area contributed by atoms with Crippen LogP contribution in [0.5, 0.6) is 0 Å². The van der Waals surface area contributed by atoms with Crippen LogP contribution in [0.3, 0.4) is 0 Å². The Labute approximate surface area is 150 Å². The predicted molar refractivity (Wildman–Crippen MR) is 93.8 cm³/mol. The molecule has 142 valence electrons. The number of rotatable bonds is 3. The third-order valence-corrected chi connectivity index (χ3v) is 8.67. The van der Waals surface area contributed by atoms with Crippen LogP contribution in [0.1, 0.15) is 64.7 Å². The molecule has 3 saturated carbocycles. The van der Waals surface area contributed by atoms with Crippen molar-refractivity contribution < 1.29 is 22.3 Å². The summed E-state index contributed by atoms with van der Waals surface area (Å²) in [6.07, 6.45) is 12.9. The van der Waals surface area contributed by atoms with Crippen LogP contribution in [-0.2, 0) is 14.6 Å². The van der Waals surface area contributed by atoms with E-state index in [1.54, 1.807) is 0 Å². The fourth-order valence-electron chi connectivity index (χ4n) is 7.12. The zero-order valence-corrected chi connectivity index (χ0v) is 15.7. The summed E-state index contributed by atoms with van der Waals surface area (Å²) in [6.45, 7) is 2.48. The minimum atomic E-state index is -4.66. The maximum absolute atomic E-state index is 11.1. The molecule has 0 bridgehead atoms. The first-order valence-corrected chi connectivity index (χ1v) is 11.1. The minimum Gasteiger partial charge on any atom is -0.366 e. The summed E-state index contributed by atoms with van der Waals surface area (Å²) in [5.41, 5.74) is -0.278. The summed E-state index contributed by atoms with van der Waals surface area (Å²) in [5, 5.41) is 10.5. The van der Waals surface area contributed by atoms with E-state index >= 15 is 0 Å². The lowest BCUT2D eigenvalue weighted by molar-refractivity contribution is -0.174. The van der Waals surface area contributed by atoms with Gasteiger partial charge < -0.3 is 5.11 Å². The van der Waals surface area contributed by atoms with Crippen molar-refractivity contribution in [3.05, 3.63) is 12.2 Å². The fraction of sp³-hybridized carbons (Fsp3) is 0.895. The molecule has 0 aromatic heterocycles. The Morgan fingerprint density at radius 2 is 1.92 bits per heavy atom. The molecule has 4 aliphatic rings. The topological polar surface area (TPSA) is 83.8 Å². The van der Waals surface area contributed by atoms with Gasteiger partial charge >= 0.3 is 10.4 Å². The molecular weight excluding hydrogens is 340 g/mol. The van der Waals surface area contributed by atoms with Gasteiger partial charge in [-0.15, -0.1) is 0 Å². The average Bonchev–Trinajstić information content (AvgIpc) is 2.98. The molecule has 7 atom stereocenters. The van der Waals surface area contributed by atoms with Crippen molar-refractivity contribution in [2.45, 2.75) is 71.0 Å². The van der Waals surface area contributed by atoms with Gasteiger partial charge in [0.1, 0.15) is 0 Å². The van der Waals surface area contributed by atoms with Gasteiger partial charge in [0.2, 0.25) is 0 Å². The number of aliphatic hydroxyl groups is 1. The molecule has 0 saturated heterocycles. The van der Waals surface area contributed by atoms with E-state index in [1.807, 2.05) is 6.08 Å². The van der Waals surface area contributed by atoms with Crippen molar-refractivity contribution >= 4 is 10.4 Å². The molecule has 0 aromatic rings. The van der Waals surface area contributed by atoms with Gasteiger partial charge in [-0.3, -0.25) is 4.55 Å². The van der Waals surface area contributed by atoms with E-state index in [2.05, 4.69) is 17.2 Å². The largest absolute Gasteiger partial charge is 0.399 e. The number of allylic oxidation sites excluding steroid dienone is 1. The third-order valence-electron chi connectivity index (χ3n) is 8.25. The second kappa shape index (κ2) is 6.04. The zero-order valence-electron chi connectivity index (χ0n) is 14.9. The summed E-state index contributed by atoms with van der Waals surface area (Å²) < 4.78 is 35.9. The van der Waals surface area contributed by atoms with Gasteiger partial charge in [0.25, 0.3) is 0 Å². The highest BCUT2D eigenvalue weighted by atomic mass is 32.3. The van der Waals surface area contributed by atoms with Gasteiger partial charge in [-0.2, -0.15) is 8.42 Å². The molecule has 0 amide bonds. The predicted octanol–water partition coefficient (Wildman–Crippen LogP) is 3.70. The minimum absolute atomic E-state index is 0.211. The monoisotopic (exact) mass is 370 g/mol. The summed E-state index contributed by atoms with van der Waals surface area (Å²) in [4.78, 5) is 0. The molecule has 6 heteroatoms. The number of hydrogen-bond donors (Lipinski definition) is 2.